The molecule has 1 aliphatic rings. The molecule has 1 aromatic carbocycles. The van der Waals surface area contributed by atoms with Gasteiger partial charge in [0.1, 0.15) is 30.8 Å². The van der Waals surface area contributed by atoms with E-state index < -0.39 is 41.6 Å². The lowest BCUT2D eigenvalue weighted by Crippen LogP contribution is -2.56. The third-order valence-corrected chi connectivity index (χ3v) is 5.54. The van der Waals surface area contributed by atoms with Crippen LogP contribution >= 0.6 is 0 Å². The van der Waals surface area contributed by atoms with Crippen LogP contribution in [0.25, 0.3) is 0 Å². The molecule has 1 saturated heterocycles. The first kappa shape index (κ1) is 29.6. The van der Waals surface area contributed by atoms with E-state index in [1.54, 1.807) is 34.6 Å². The summed E-state index contributed by atoms with van der Waals surface area (Å²) in [7, 11) is 0. The van der Waals surface area contributed by atoms with Crippen molar-refractivity contribution in [3.63, 3.8) is 0 Å². The summed E-state index contributed by atoms with van der Waals surface area (Å²) in [5, 5.41) is 7.54. The van der Waals surface area contributed by atoms with Gasteiger partial charge in [-0.3, -0.25) is 19.2 Å². The van der Waals surface area contributed by atoms with Crippen molar-refractivity contribution in [1.82, 2.24) is 20.9 Å². The largest absolute Gasteiger partial charge is 0.460 e. The Kier molecular flexibility index (Phi) is 10.9. The van der Waals surface area contributed by atoms with Crippen molar-refractivity contribution < 1.29 is 33.4 Å². The van der Waals surface area contributed by atoms with Gasteiger partial charge < -0.3 is 30.3 Å². The molecule has 2 rings (SSSR count). The minimum atomic E-state index is -0.867. The van der Waals surface area contributed by atoms with Crippen LogP contribution in [0.15, 0.2) is 30.3 Å². The predicted molar refractivity (Wildman–Crippen MR) is 135 cm³/mol. The van der Waals surface area contributed by atoms with Gasteiger partial charge in [0.2, 0.25) is 17.7 Å². The molecule has 1 heterocycles. The van der Waals surface area contributed by atoms with Crippen LogP contribution in [-0.2, 0) is 35.3 Å². The van der Waals surface area contributed by atoms with Gasteiger partial charge in [0.15, 0.2) is 0 Å². The smallest absolute Gasteiger partial charge is 0.408 e. The molecule has 4 amide bonds. The highest BCUT2D eigenvalue weighted by molar-refractivity contribution is 5.93. The average Bonchev–Trinajstić information content (AvgIpc) is 3.32. The number of nitrogens with zero attached hydrogens (tertiary/aromatic N) is 1. The van der Waals surface area contributed by atoms with Crippen molar-refractivity contribution in [3.8, 4) is 0 Å². The van der Waals surface area contributed by atoms with Crippen molar-refractivity contribution in [3.05, 3.63) is 35.9 Å². The molecule has 2 unspecified atom stereocenters. The number of benzene rings is 1. The van der Waals surface area contributed by atoms with Gasteiger partial charge in [0.05, 0.1) is 6.54 Å². The number of ether oxygens (including phenoxy) is 2. The van der Waals surface area contributed by atoms with E-state index in [0.29, 0.717) is 19.4 Å². The molecule has 37 heavy (non-hydrogen) atoms. The molecule has 0 spiro atoms. The van der Waals surface area contributed by atoms with Crippen molar-refractivity contribution in [1.29, 1.82) is 0 Å². The molecular formula is C26H38N4O7. The second-order valence-corrected chi connectivity index (χ2v) is 10.2. The molecule has 0 bridgehead atoms. The Balaban J connectivity index is 1.82. The van der Waals surface area contributed by atoms with Crippen LogP contribution in [0.1, 0.15) is 53.0 Å². The molecule has 2 atom stereocenters. The average molecular weight is 519 g/mol. The molecule has 11 nitrogen and oxygen atoms in total. The Labute approximate surface area is 217 Å². The van der Waals surface area contributed by atoms with E-state index in [2.05, 4.69) is 16.0 Å². The van der Waals surface area contributed by atoms with Gasteiger partial charge in [-0.15, -0.1) is 0 Å². The highest BCUT2D eigenvalue weighted by atomic mass is 16.6. The number of carbonyl (C=O) groups excluding carboxylic acids is 5. The Hall–Kier alpha value is -3.63. The van der Waals surface area contributed by atoms with Gasteiger partial charge in [-0.25, -0.2) is 4.79 Å². The van der Waals surface area contributed by atoms with E-state index in [9.17, 15) is 24.0 Å². The lowest BCUT2D eigenvalue weighted by Gasteiger charge is -2.31. The number of hydrogen-bond acceptors (Lipinski definition) is 7. The normalized spacial score (nSPS) is 16.1. The van der Waals surface area contributed by atoms with E-state index in [1.807, 2.05) is 30.3 Å². The summed E-state index contributed by atoms with van der Waals surface area (Å²) in [6.07, 6.45) is 0.335. The molecule has 0 aromatic heterocycles. The van der Waals surface area contributed by atoms with Crippen molar-refractivity contribution in [2.75, 3.05) is 19.6 Å². The molecule has 1 aromatic rings. The minimum Gasteiger partial charge on any atom is -0.460 e. The third-order valence-electron chi connectivity index (χ3n) is 5.54. The number of carbonyl (C=O) groups is 5. The fraction of sp³-hybridized carbons (Fsp3) is 0.577. The lowest BCUT2D eigenvalue weighted by atomic mass is 10.0. The standard InChI is InChI=1S/C26H38N4O7/c1-17(2)22(29-25(35)37-26(3,4)5)24(34)30-13-9-12-19(30)23(33)28-14-20(31)27-15-21(32)36-16-18-10-7-6-8-11-18/h6-8,10-11,17,19,22H,9,12-16H2,1-5H3,(H,27,31)(H,28,33)(H,29,35). The molecule has 0 radical (unpaired) electrons. The summed E-state index contributed by atoms with van der Waals surface area (Å²) in [4.78, 5) is 63.6. The number of alkyl carbamates (subject to hydrolysis) is 1. The summed E-state index contributed by atoms with van der Waals surface area (Å²) in [6.45, 7) is 8.53. The first-order valence-electron chi connectivity index (χ1n) is 12.4. The van der Waals surface area contributed by atoms with E-state index >= 15 is 0 Å². The first-order valence-corrected chi connectivity index (χ1v) is 12.4. The summed E-state index contributed by atoms with van der Waals surface area (Å²) in [5.74, 6) is -2.27. The Bertz CT molecular complexity index is 959. The second-order valence-electron chi connectivity index (χ2n) is 10.2. The molecule has 3 N–H and O–H groups in total. The highest BCUT2D eigenvalue weighted by Crippen LogP contribution is 2.21. The zero-order valence-corrected chi connectivity index (χ0v) is 22.2. The van der Waals surface area contributed by atoms with Crippen LogP contribution in [0.4, 0.5) is 4.79 Å². The fourth-order valence-electron chi connectivity index (χ4n) is 3.74. The molecule has 1 aliphatic heterocycles. The Morgan fingerprint density at radius 1 is 1.03 bits per heavy atom. The zero-order chi connectivity index (χ0) is 27.6. The molecule has 0 aliphatic carbocycles. The zero-order valence-electron chi connectivity index (χ0n) is 22.2. The van der Waals surface area contributed by atoms with Crippen molar-refractivity contribution in [2.24, 2.45) is 5.92 Å². The number of nitrogens with one attached hydrogen (secondary N) is 3. The summed E-state index contributed by atoms with van der Waals surface area (Å²) >= 11 is 0. The van der Waals surface area contributed by atoms with Gasteiger partial charge in [0.25, 0.3) is 0 Å². The van der Waals surface area contributed by atoms with E-state index in [4.69, 9.17) is 9.47 Å². The van der Waals surface area contributed by atoms with Crippen LogP contribution in [0.3, 0.4) is 0 Å². The number of likely N-dealkylation sites (tertiary alicyclic amines) is 1. The summed E-state index contributed by atoms with van der Waals surface area (Å²) < 4.78 is 10.4. The monoisotopic (exact) mass is 518 g/mol. The molecule has 0 saturated carbocycles. The Morgan fingerprint density at radius 3 is 2.32 bits per heavy atom. The van der Waals surface area contributed by atoms with Crippen molar-refractivity contribution in [2.45, 2.75) is 71.8 Å². The third kappa shape index (κ3) is 10.1. The van der Waals surface area contributed by atoms with Crippen LogP contribution in [-0.4, -0.2) is 72.0 Å². The maximum atomic E-state index is 13.2. The van der Waals surface area contributed by atoms with E-state index in [-0.39, 0.29) is 31.5 Å². The van der Waals surface area contributed by atoms with E-state index in [1.165, 1.54) is 4.90 Å². The fourth-order valence-corrected chi connectivity index (χ4v) is 3.74. The van der Waals surface area contributed by atoms with Gasteiger partial charge >= 0.3 is 12.1 Å². The predicted octanol–water partition coefficient (Wildman–Crippen LogP) is 1.50. The number of esters is 1. The van der Waals surface area contributed by atoms with Crippen LogP contribution in [0, 0.1) is 5.92 Å². The van der Waals surface area contributed by atoms with Crippen LogP contribution < -0.4 is 16.0 Å². The van der Waals surface area contributed by atoms with Crippen LogP contribution in [0.5, 0.6) is 0 Å². The topological polar surface area (TPSA) is 143 Å². The maximum Gasteiger partial charge on any atom is 0.408 e. The molecule has 11 heteroatoms. The first-order chi connectivity index (χ1) is 17.4. The number of hydrogen-bond donors (Lipinski definition) is 3. The Morgan fingerprint density at radius 2 is 1.70 bits per heavy atom. The summed E-state index contributed by atoms with van der Waals surface area (Å²) in [5.41, 5.74) is 0.107. The van der Waals surface area contributed by atoms with Crippen LogP contribution in [0.2, 0.25) is 0 Å². The van der Waals surface area contributed by atoms with E-state index in [0.717, 1.165) is 5.56 Å². The quantitative estimate of drug-likeness (QED) is 0.398. The van der Waals surface area contributed by atoms with Gasteiger partial charge in [-0.2, -0.15) is 0 Å². The van der Waals surface area contributed by atoms with Crippen molar-refractivity contribution >= 4 is 29.8 Å². The van der Waals surface area contributed by atoms with Gasteiger partial charge in [-0.1, -0.05) is 44.2 Å². The highest BCUT2D eigenvalue weighted by Gasteiger charge is 2.39. The number of amides is 4. The SMILES string of the molecule is CC(C)C(NC(=O)OC(C)(C)C)C(=O)N1CCCC1C(=O)NCC(=O)NCC(=O)OCc1ccccc1. The lowest BCUT2D eigenvalue weighted by molar-refractivity contribution is -0.145. The maximum absolute atomic E-state index is 13.2. The van der Waals surface area contributed by atoms with Gasteiger partial charge in [0, 0.05) is 6.54 Å². The number of rotatable bonds is 10. The molecule has 204 valence electrons. The molecular weight excluding hydrogens is 480 g/mol. The second kappa shape index (κ2) is 13.6. The summed E-state index contributed by atoms with van der Waals surface area (Å²) in [6, 6.07) is 7.50. The van der Waals surface area contributed by atoms with Gasteiger partial charge in [-0.05, 0) is 45.1 Å². The molecule has 1 fully saturated rings. The minimum absolute atomic E-state index is 0.0952.